The van der Waals surface area contributed by atoms with Crippen molar-refractivity contribution in [3.63, 3.8) is 0 Å². The van der Waals surface area contributed by atoms with Gasteiger partial charge in [0.15, 0.2) is 5.75 Å². The highest BCUT2D eigenvalue weighted by Crippen LogP contribution is 2.43. The van der Waals surface area contributed by atoms with Crippen LogP contribution in [-0.4, -0.2) is 38.7 Å². The summed E-state index contributed by atoms with van der Waals surface area (Å²) < 4.78 is 44.7. The number of alkyl halides is 3. The van der Waals surface area contributed by atoms with Crippen molar-refractivity contribution in [2.75, 3.05) is 10.2 Å². The quantitative estimate of drug-likeness (QED) is 0.637. The highest BCUT2D eigenvalue weighted by molar-refractivity contribution is 6.14. The van der Waals surface area contributed by atoms with E-state index in [2.05, 4.69) is 9.97 Å². The van der Waals surface area contributed by atoms with Crippen molar-refractivity contribution < 1.29 is 32.6 Å². The lowest BCUT2D eigenvalue weighted by molar-refractivity contribution is -0.242. The highest BCUT2D eigenvalue weighted by atomic mass is 19.4. The van der Waals surface area contributed by atoms with E-state index in [1.165, 1.54) is 47.8 Å². The third-order valence-corrected chi connectivity index (χ3v) is 4.78. The number of aliphatic hydroxyl groups is 1. The molecule has 4 rings (SSSR count). The van der Waals surface area contributed by atoms with E-state index >= 15 is 0 Å². The van der Waals surface area contributed by atoms with Crippen LogP contribution in [0.4, 0.5) is 30.2 Å². The molecule has 32 heavy (non-hydrogen) atoms. The molecule has 0 fully saturated rings. The summed E-state index contributed by atoms with van der Waals surface area (Å²) in [5, 5.41) is 11.6. The number of ether oxygens (including phenoxy) is 1. The molecular formula is C21H15F3N4O4. The van der Waals surface area contributed by atoms with E-state index in [4.69, 9.17) is 4.74 Å². The van der Waals surface area contributed by atoms with E-state index in [1.807, 2.05) is 5.32 Å². The summed E-state index contributed by atoms with van der Waals surface area (Å²) in [6.07, 6.45) is -0.773. The molecule has 1 atom stereocenters. The van der Waals surface area contributed by atoms with Gasteiger partial charge in [-0.25, -0.2) is 4.98 Å². The largest absolute Gasteiger partial charge is 0.436 e. The average Bonchev–Trinajstić information content (AvgIpc) is 2.87. The van der Waals surface area contributed by atoms with Crippen LogP contribution in [0.3, 0.4) is 0 Å². The van der Waals surface area contributed by atoms with Crippen LogP contribution in [-0.2, 0) is 4.79 Å². The molecule has 0 spiro atoms. The van der Waals surface area contributed by atoms with Crippen LogP contribution in [0.25, 0.3) is 0 Å². The number of carbonyl (C=O) groups excluding carboxylic acids is 2. The molecule has 8 nitrogen and oxygen atoms in total. The molecule has 1 aliphatic heterocycles. The zero-order valence-electron chi connectivity index (χ0n) is 16.4. The first-order chi connectivity index (χ1) is 15.1. The fourth-order valence-corrected chi connectivity index (χ4v) is 2.96. The number of anilines is 3. The van der Waals surface area contributed by atoms with Crippen molar-refractivity contribution in [1.29, 1.82) is 0 Å². The number of halogens is 3. The van der Waals surface area contributed by atoms with E-state index < -0.39 is 23.6 Å². The maximum atomic E-state index is 13.3. The van der Waals surface area contributed by atoms with Gasteiger partial charge in [0.1, 0.15) is 5.56 Å². The molecule has 3 heterocycles. The Morgan fingerprint density at radius 3 is 2.53 bits per heavy atom. The molecule has 11 heteroatoms. The Kier molecular flexibility index (Phi) is 5.05. The number of hydrogen-bond donors (Lipinski definition) is 2. The standard InChI is InChI=1S/C21H15F3N4O4/c1-20(31,21(22,23)24)19(30)27-12-4-5-15-16(11-12)32-17-14(3-2-8-26-17)18(29)28(15)13-6-9-25-10-7-13/h2-11,31H,1H3,(H,27,30). The first kappa shape index (κ1) is 21.2. The minimum absolute atomic E-state index is 0.0129. The van der Waals surface area contributed by atoms with E-state index in [-0.39, 0.29) is 28.6 Å². The Morgan fingerprint density at radius 1 is 1.12 bits per heavy atom. The Labute approximate surface area is 179 Å². The van der Waals surface area contributed by atoms with E-state index in [9.17, 15) is 27.9 Å². The number of amides is 2. The van der Waals surface area contributed by atoms with Crippen molar-refractivity contribution in [2.45, 2.75) is 18.7 Å². The minimum Gasteiger partial charge on any atom is -0.436 e. The topological polar surface area (TPSA) is 105 Å². The van der Waals surface area contributed by atoms with Gasteiger partial charge in [0.25, 0.3) is 11.8 Å². The number of fused-ring (bicyclic) bond motifs is 2. The summed E-state index contributed by atoms with van der Waals surface area (Å²) in [6.45, 7) is 0.353. The molecule has 0 saturated carbocycles. The van der Waals surface area contributed by atoms with Crippen LogP contribution in [0.2, 0.25) is 0 Å². The summed E-state index contributed by atoms with van der Waals surface area (Å²) in [5.74, 6) is -2.08. The fraction of sp³-hybridized carbons (Fsp3) is 0.143. The lowest BCUT2D eigenvalue weighted by Gasteiger charge is -2.25. The van der Waals surface area contributed by atoms with E-state index in [1.54, 1.807) is 18.2 Å². The molecule has 1 unspecified atom stereocenters. The molecule has 2 amide bonds. The highest BCUT2D eigenvalue weighted by Gasteiger charge is 2.55. The van der Waals surface area contributed by atoms with Gasteiger partial charge in [0.05, 0.1) is 11.4 Å². The molecule has 0 radical (unpaired) electrons. The van der Waals surface area contributed by atoms with Gasteiger partial charge in [-0.3, -0.25) is 19.5 Å². The maximum Gasteiger partial charge on any atom is 0.426 e. The third-order valence-electron chi connectivity index (χ3n) is 4.78. The van der Waals surface area contributed by atoms with Crippen molar-refractivity contribution in [2.24, 2.45) is 0 Å². The van der Waals surface area contributed by atoms with Gasteiger partial charge in [-0.2, -0.15) is 13.2 Å². The third kappa shape index (κ3) is 3.62. The van der Waals surface area contributed by atoms with Crippen LogP contribution in [0.5, 0.6) is 11.6 Å². The number of nitrogens with zero attached hydrogens (tertiary/aromatic N) is 3. The van der Waals surface area contributed by atoms with Gasteiger partial charge in [-0.15, -0.1) is 0 Å². The number of rotatable bonds is 3. The Morgan fingerprint density at radius 2 is 1.84 bits per heavy atom. The van der Waals surface area contributed by atoms with Crippen LogP contribution in [0, 0.1) is 0 Å². The normalized spacial score (nSPS) is 15.0. The molecule has 1 aliphatic rings. The summed E-state index contributed by atoms with van der Waals surface area (Å²) >= 11 is 0. The SMILES string of the molecule is CC(O)(C(=O)Nc1ccc2c(c1)Oc1ncccc1C(=O)N2c1ccncc1)C(F)(F)F. The number of nitrogens with one attached hydrogen (secondary N) is 1. The predicted molar refractivity (Wildman–Crippen MR) is 107 cm³/mol. The van der Waals surface area contributed by atoms with Crippen molar-refractivity contribution in [3.8, 4) is 11.6 Å². The zero-order chi connectivity index (χ0) is 23.1. The lowest BCUT2D eigenvalue weighted by Crippen LogP contribution is -2.52. The molecular weight excluding hydrogens is 429 g/mol. The molecule has 2 aromatic heterocycles. The van der Waals surface area contributed by atoms with Crippen LogP contribution >= 0.6 is 0 Å². The second-order valence-corrected chi connectivity index (χ2v) is 7.01. The molecule has 164 valence electrons. The Hall–Kier alpha value is -3.99. The summed E-state index contributed by atoms with van der Waals surface area (Å²) in [5.41, 5.74) is -2.80. The number of carbonyl (C=O) groups is 2. The number of aromatic nitrogens is 2. The molecule has 0 saturated heterocycles. The van der Waals surface area contributed by atoms with Gasteiger partial charge in [-0.05, 0) is 43.3 Å². The number of hydrogen-bond acceptors (Lipinski definition) is 6. The van der Waals surface area contributed by atoms with Crippen molar-refractivity contribution in [3.05, 3.63) is 66.6 Å². The molecule has 3 aromatic rings. The van der Waals surface area contributed by atoms with Gasteiger partial charge >= 0.3 is 6.18 Å². The second-order valence-electron chi connectivity index (χ2n) is 7.01. The molecule has 2 N–H and O–H groups in total. The smallest absolute Gasteiger partial charge is 0.426 e. The zero-order valence-corrected chi connectivity index (χ0v) is 16.4. The molecule has 0 bridgehead atoms. The Balaban J connectivity index is 1.78. The Bertz CT molecular complexity index is 1200. The minimum atomic E-state index is -5.17. The van der Waals surface area contributed by atoms with E-state index in [0.29, 0.717) is 12.6 Å². The monoisotopic (exact) mass is 444 g/mol. The number of benzene rings is 1. The molecule has 1 aromatic carbocycles. The lowest BCUT2D eigenvalue weighted by atomic mass is 10.1. The summed E-state index contributed by atoms with van der Waals surface area (Å²) in [7, 11) is 0. The summed E-state index contributed by atoms with van der Waals surface area (Å²) in [6, 6.07) is 10.2. The number of pyridine rings is 2. The molecule has 0 aliphatic carbocycles. The van der Waals surface area contributed by atoms with Gasteiger partial charge in [0, 0.05) is 30.3 Å². The predicted octanol–water partition coefficient (Wildman–Crippen LogP) is 3.81. The van der Waals surface area contributed by atoms with E-state index in [0.717, 1.165) is 0 Å². The van der Waals surface area contributed by atoms with Crippen molar-refractivity contribution >= 4 is 28.9 Å². The van der Waals surface area contributed by atoms with Crippen LogP contribution in [0.15, 0.2) is 61.1 Å². The maximum absolute atomic E-state index is 13.3. The van der Waals surface area contributed by atoms with Crippen LogP contribution in [0.1, 0.15) is 17.3 Å². The van der Waals surface area contributed by atoms with Gasteiger partial charge < -0.3 is 15.2 Å². The van der Waals surface area contributed by atoms with Gasteiger partial charge in [0.2, 0.25) is 11.5 Å². The van der Waals surface area contributed by atoms with Crippen molar-refractivity contribution in [1.82, 2.24) is 9.97 Å². The fourth-order valence-electron chi connectivity index (χ4n) is 2.96. The van der Waals surface area contributed by atoms with Crippen LogP contribution < -0.4 is 15.0 Å². The van der Waals surface area contributed by atoms with Gasteiger partial charge in [-0.1, -0.05) is 0 Å². The average molecular weight is 444 g/mol. The summed E-state index contributed by atoms with van der Waals surface area (Å²) in [4.78, 5) is 34.6. The first-order valence-electron chi connectivity index (χ1n) is 9.21. The first-order valence-corrected chi connectivity index (χ1v) is 9.21. The second kappa shape index (κ2) is 7.61.